The van der Waals surface area contributed by atoms with Crippen molar-refractivity contribution in [1.29, 1.82) is 0 Å². The van der Waals surface area contributed by atoms with Gasteiger partial charge in [-0.15, -0.1) is 0 Å². The molecule has 1 fully saturated rings. The van der Waals surface area contributed by atoms with Gasteiger partial charge in [-0.1, -0.05) is 31.9 Å². The Morgan fingerprint density at radius 3 is 2.84 bits per heavy atom. The van der Waals surface area contributed by atoms with Crippen molar-refractivity contribution in [1.82, 2.24) is 5.32 Å². The van der Waals surface area contributed by atoms with E-state index in [1.807, 2.05) is 6.07 Å². The van der Waals surface area contributed by atoms with Crippen molar-refractivity contribution in [2.75, 3.05) is 7.11 Å². The van der Waals surface area contributed by atoms with Gasteiger partial charge in [-0.3, -0.25) is 0 Å². The van der Waals surface area contributed by atoms with E-state index in [9.17, 15) is 0 Å². The van der Waals surface area contributed by atoms with Crippen molar-refractivity contribution in [3.8, 4) is 5.75 Å². The number of nitrogens with one attached hydrogen (secondary N) is 1. The highest BCUT2D eigenvalue weighted by Crippen LogP contribution is 2.25. The van der Waals surface area contributed by atoms with Gasteiger partial charge in [0.2, 0.25) is 0 Å². The highest BCUT2D eigenvalue weighted by atomic mass is 16.5. The Labute approximate surface area is 117 Å². The molecule has 0 aliphatic heterocycles. The Balaban J connectivity index is 1.93. The van der Waals surface area contributed by atoms with E-state index in [1.54, 1.807) is 7.11 Å². The monoisotopic (exact) mass is 261 g/mol. The van der Waals surface area contributed by atoms with Gasteiger partial charge < -0.3 is 10.1 Å². The third kappa shape index (κ3) is 4.24. The van der Waals surface area contributed by atoms with E-state index in [4.69, 9.17) is 4.74 Å². The second-order valence-electron chi connectivity index (χ2n) is 5.98. The van der Waals surface area contributed by atoms with Gasteiger partial charge in [-0.05, 0) is 49.8 Å². The lowest BCUT2D eigenvalue weighted by molar-refractivity contribution is 0.400. The molecule has 0 radical (unpaired) electrons. The van der Waals surface area contributed by atoms with Gasteiger partial charge >= 0.3 is 0 Å². The molecule has 0 bridgehead atoms. The Morgan fingerprint density at radius 1 is 1.21 bits per heavy atom. The number of hydrogen-bond acceptors (Lipinski definition) is 2. The van der Waals surface area contributed by atoms with Gasteiger partial charge in [-0.2, -0.15) is 0 Å². The molecule has 19 heavy (non-hydrogen) atoms. The molecule has 1 aromatic rings. The number of ether oxygens (including phenoxy) is 1. The summed E-state index contributed by atoms with van der Waals surface area (Å²) in [6.45, 7) is 4.64. The van der Waals surface area contributed by atoms with Crippen molar-refractivity contribution in [2.24, 2.45) is 5.92 Å². The lowest BCUT2D eigenvalue weighted by Crippen LogP contribution is -2.31. The fourth-order valence-corrected chi connectivity index (χ4v) is 3.01. The third-order valence-electron chi connectivity index (χ3n) is 4.34. The summed E-state index contributed by atoms with van der Waals surface area (Å²) < 4.78 is 5.30. The van der Waals surface area contributed by atoms with Crippen LogP contribution in [0.4, 0.5) is 0 Å². The van der Waals surface area contributed by atoms with Gasteiger partial charge in [0, 0.05) is 12.1 Å². The molecule has 106 valence electrons. The summed E-state index contributed by atoms with van der Waals surface area (Å²) in [5.41, 5.74) is 1.32. The van der Waals surface area contributed by atoms with E-state index in [2.05, 4.69) is 37.4 Å². The minimum absolute atomic E-state index is 0.397. The van der Waals surface area contributed by atoms with Crippen LogP contribution in [0.15, 0.2) is 24.3 Å². The van der Waals surface area contributed by atoms with Crippen LogP contribution in [0.5, 0.6) is 5.75 Å². The summed E-state index contributed by atoms with van der Waals surface area (Å²) >= 11 is 0. The molecule has 2 heteroatoms. The largest absolute Gasteiger partial charge is 0.497 e. The maximum atomic E-state index is 5.30. The summed E-state index contributed by atoms with van der Waals surface area (Å²) in [7, 11) is 1.73. The molecule has 1 aromatic carbocycles. The smallest absolute Gasteiger partial charge is 0.119 e. The van der Waals surface area contributed by atoms with E-state index in [0.717, 1.165) is 11.7 Å². The number of benzene rings is 1. The first-order valence-electron chi connectivity index (χ1n) is 7.59. The minimum Gasteiger partial charge on any atom is -0.497 e. The van der Waals surface area contributed by atoms with Crippen LogP contribution in [0.3, 0.4) is 0 Å². The summed E-state index contributed by atoms with van der Waals surface area (Å²) in [6, 6.07) is 9.46. The van der Waals surface area contributed by atoms with E-state index in [1.165, 1.54) is 37.7 Å². The molecule has 1 saturated carbocycles. The fourth-order valence-electron chi connectivity index (χ4n) is 3.01. The Hall–Kier alpha value is -1.02. The highest BCUT2D eigenvalue weighted by molar-refractivity contribution is 5.30. The summed E-state index contributed by atoms with van der Waals surface area (Å²) in [5, 5.41) is 3.79. The van der Waals surface area contributed by atoms with E-state index in [0.29, 0.717) is 12.1 Å². The van der Waals surface area contributed by atoms with Crippen LogP contribution in [0.25, 0.3) is 0 Å². The lowest BCUT2D eigenvalue weighted by Gasteiger charge is -2.22. The van der Waals surface area contributed by atoms with Gasteiger partial charge in [0.1, 0.15) is 5.75 Å². The lowest BCUT2D eigenvalue weighted by atomic mass is 10.0. The van der Waals surface area contributed by atoms with Gasteiger partial charge in [-0.25, -0.2) is 0 Å². The Bertz CT molecular complexity index is 391. The molecular formula is C17H27NO. The van der Waals surface area contributed by atoms with Crippen molar-refractivity contribution in [3.63, 3.8) is 0 Å². The highest BCUT2D eigenvalue weighted by Gasteiger charge is 2.18. The van der Waals surface area contributed by atoms with Crippen LogP contribution in [-0.2, 0) is 0 Å². The van der Waals surface area contributed by atoms with Crippen molar-refractivity contribution in [3.05, 3.63) is 29.8 Å². The molecule has 3 unspecified atom stereocenters. The molecule has 0 saturated heterocycles. The first kappa shape index (κ1) is 14.4. The molecule has 1 aliphatic carbocycles. The standard InChI is InChI=1S/C17H27NO/c1-13-6-4-8-16(11-10-13)18-14(2)15-7-5-9-17(12-15)19-3/h5,7,9,12-14,16,18H,4,6,8,10-11H2,1-3H3. The van der Waals surface area contributed by atoms with E-state index < -0.39 is 0 Å². The zero-order valence-electron chi connectivity index (χ0n) is 12.5. The normalized spacial score (nSPS) is 25.6. The van der Waals surface area contributed by atoms with Crippen molar-refractivity contribution < 1.29 is 4.74 Å². The van der Waals surface area contributed by atoms with Crippen molar-refractivity contribution in [2.45, 2.75) is 58.0 Å². The van der Waals surface area contributed by atoms with Crippen LogP contribution < -0.4 is 10.1 Å². The third-order valence-corrected chi connectivity index (χ3v) is 4.34. The topological polar surface area (TPSA) is 21.3 Å². The first-order valence-corrected chi connectivity index (χ1v) is 7.59. The molecule has 1 aliphatic rings. The summed E-state index contributed by atoms with van der Waals surface area (Å²) in [6.07, 6.45) is 6.76. The Morgan fingerprint density at radius 2 is 2.05 bits per heavy atom. The van der Waals surface area contributed by atoms with Gasteiger partial charge in [0.15, 0.2) is 0 Å². The fraction of sp³-hybridized carbons (Fsp3) is 0.647. The quantitative estimate of drug-likeness (QED) is 0.815. The van der Waals surface area contributed by atoms with E-state index in [-0.39, 0.29) is 0 Å². The van der Waals surface area contributed by atoms with E-state index >= 15 is 0 Å². The first-order chi connectivity index (χ1) is 9.19. The van der Waals surface area contributed by atoms with Crippen molar-refractivity contribution >= 4 is 0 Å². The van der Waals surface area contributed by atoms with Gasteiger partial charge in [0.25, 0.3) is 0 Å². The molecular weight excluding hydrogens is 234 g/mol. The van der Waals surface area contributed by atoms with Crippen LogP contribution in [0.1, 0.15) is 57.6 Å². The van der Waals surface area contributed by atoms with Crippen LogP contribution in [0.2, 0.25) is 0 Å². The Kier molecular flexibility index (Phi) is 5.26. The summed E-state index contributed by atoms with van der Waals surface area (Å²) in [5.74, 6) is 1.85. The molecule has 2 nitrogen and oxygen atoms in total. The molecule has 3 atom stereocenters. The molecule has 1 N–H and O–H groups in total. The summed E-state index contributed by atoms with van der Waals surface area (Å²) in [4.78, 5) is 0. The predicted octanol–water partition coefficient (Wildman–Crippen LogP) is 4.31. The minimum atomic E-state index is 0.397. The second-order valence-corrected chi connectivity index (χ2v) is 5.98. The molecule has 2 rings (SSSR count). The van der Waals surface area contributed by atoms with Gasteiger partial charge in [0.05, 0.1) is 7.11 Å². The zero-order chi connectivity index (χ0) is 13.7. The molecule has 0 aromatic heterocycles. The number of methoxy groups -OCH3 is 1. The predicted molar refractivity (Wildman–Crippen MR) is 80.6 cm³/mol. The second kappa shape index (κ2) is 6.95. The molecule has 0 heterocycles. The van der Waals surface area contributed by atoms with Crippen LogP contribution in [0, 0.1) is 5.92 Å². The maximum Gasteiger partial charge on any atom is 0.119 e. The average Bonchev–Trinajstić information content (AvgIpc) is 2.64. The molecule has 0 amide bonds. The SMILES string of the molecule is COc1cccc(C(C)NC2CCCC(C)CC2)c1. The zero-order valence-corrected chi connectivity index (χ0v) is 12.5. The molecule has 0 spiro atoms. The van der Waals surface area contributed by atoms with Crippen LogP contribution >= 0.6 is 0 Å². The number of rotatable bonds is 4. The maximum absolute atomic E-state index is 5.30. The average molecular weight is 261 g/mol. The van der Waals surface area contributed by atoms with Crippen LogP contribution in [-0.4, -0.2) is 13.2 Å². The number of hydrogen-bond donors (Lipinski definition) is 1.